The first-order valence-corrected chi connectivity index (χ1v) is 12.6. The van der Waals surface area contributed by atoms with E-state index in [9.17, 15) is 4.79 Å². The van der Waals surface area contributed by atoms with E-state index in [0.717, 1.165) is 0 Å². The predicted molar refractivity (Wildman–Crippen MR) is 31.4 cm³/mol. The van der Waals surface area contributed by atoms with Crippen molar-refractivity contribution in [2.75, 3.05) is 0 Å². The normalized spacial score (nSPS) is 16.8. The first-order chi connectivity index (χ1) is 3.20. The SMILES string of the molecule is O=[C](O)[Mo]([Cl])([Cl])([Cl])[Cl]. The summed E-state index contributed by atoms with van der Waals surface area (Å²) in [5.41, 5.74) is 0. The van der Waals surface area contributed by atoms with E-state index in [2.05, 4.69) is 0 Å². The quantitative estimate of drug-likeness (QED) is 0.751. The Morgan fingerprint density at radius 2 is 1.38 bits per heavy atom. The topological polar surface area (TPSA) is 37.3 Å². The molecule has 8 heavy (non-hydrogen) atoms. The van der Waals surface area contributed by atoms with Gasteiger partial charge in [-0.25, -0.2) is 0 Å². The van der Waals surface area contributed by atoms with Gasteiger partial charge in [-0.2, -0.15) is 0 Å². The fourth-order valence-corrected chi connectivity index (χ4v) is 0. The van der Waals surface area contributed by atoms with Gasteiger partial charge in [0.25, 0.3) is 0 Å². The molecule has 0 amide bonds. The Kier molecular flexibility index (Phi) is 2.53. The fourth-order valence-electron chi connectivity index (χ4n) is 0. The average Bonchev–Trinajstić information content (AvgIpc) is 1.27. The Hall–Kier alpha value is 1.32. The number of carbonyl (C=O) groups is 1. The molecule has 0 bridgehead atoms. The fraction of sp³-hybridized carbons (Fsp3) is 0. The molecule has 0 aliphatic rings. The summed E-state index contributed by atoms with van der Waals surface area (Å²) >= 11 is 0. The van der Waals surface area contributed by atoms with Crippen LogP contribution in [0.2, 0.25) is 0 Å². The molecule has 0 saturated heterocycles. The van der Waals surface area contributed by atoms with Crippen LogP contribution in [0.4, 0.5) is 4.79 Å². The molecule has 0 saturated carbocycles. The van der Waals surface area contributed by atoms with Crippen molar-refractivity contribution in [2.45, 2.75) is 0 Å². The molecule has 0 atom stereocenters. The minimum atomic E-state index is -5.00. The maximum absolute atomic E-state index is 9.90. The number of hydrogen-bond donors (Lipinski definition) is 1. The molecule has 2 nitrogen and oxygen atoms in total. The van der Waals surface area contributed by atoms with Gasteiger partial charge in [0.1, 0.15) is 0 Å². The third-order valence-electron chi connectivity index (χ3n) is 0.264. The number of rotatable bonds is 1. The Balaban J connectivity index is 4.38. The summed E-state index contributed by atoms with van der Waals surface area (Å²) in [7, 11) is 15.1. The molecule has 0 unspecified atom stereocenters. The second kappa shape index (κ2) is 2.17. The standard InChI is InChI=1S/CHO2.4ClH.Mo/c2-1-3;;;;;/h(H,2,3);4*1H;/q;;;;;+4/p-4. The van der Waals surface area contributed by atoms with E-state index in [4.69, 9.17) is 42.8 Å². The molecule has 0 spiro atoms. The molecule has 0 aliphatic carbocycles. The molecule has 7 heteroatoms. The molecule has 0 fully saturated rings. The number of hydrogen-bond acceptors (Lipinski definition) is 1. The van der Waals surface area contributed by atoms with Crippen LogP contribution in [0.15, 0.2) is 0 Å². The van der Waals surface area contributed by atoms with Crippen molar-refractivity contribution in [1.29, 1.82) is 0 Å². The van der Waals surface area contributed by atoms with Crippen LogP contribution in [0.25, 0.3) is 0 Å². The molecule has 1 N–H and O–H groups in total. The van der Waals surface area contributed by atoms with Gasteiger partial charge in [0.05, 0.1) is 0 Å². The Labute approximate surface area is 62.2 Å². The van der Waals surface area contributed by atoms with Gasteiger partial charge in [0, 0.05) is 0 Å². The van der Waals surface area contributed by atoms with Gasteiger partial charge >= 0.3 is 62.6 Å². The summed E-state index contributed by atoms with van der Waals surface area (Å²) in [4.78, 5) is 9.90. The second-order valence-electron chi connectivity index (χ2n) is 0.924. The molecule has 0 aromatic carbocycles. The van der Waals surface area contributed by atoms with E-state index in [1.54, 1.807) is 0 Å². The van der Waals surface area contributed by atoms with E-state index in [1.807, 2.05) is 0 Å². The molecular formula is CHCl4MoO2. The van der Waals surface area contributed by atoms with Gasteiger partial charge in [0.2, 0.25) is 0 Å². The third-order valence-corrected chi connectivity index (χ3v) is 4.69. The van der Waals surface area contributed by atoms with Gasteiger partial charge in [0.15, 0.2) is 0 Å². The molecule has 0 rings (SSSR count). The zero-order chi connectivity index (χ0) is 7.02. The van der Waals surface area contributed by atoms with Gasteiger partial charge in [-0.15, -0.1) is 0 Å². The van der Waals surface area contributed by atoms with Crippen molar-refractivity contribution < 1.29 is 20.5 Å². The summed E-state index contributed by atoms with van der Waals surface area (Å²) in [6, 6.07) is 0. The molecule has 0 heterocycles. The Bertz CT molecular complexity index is 114. The van der Waals surface area contributed by atoms with Crippen LogP contribution in [0.5, 0.6) is 0 Å². The van der Waals surface area contributed by atoms with E-state index in [0.29, 0.717) is 0 Å². The molecular weight excluding hydrogens is 282 g/mol. The first kappa shape index (κ1) is 9.32. The van der Waals surface area contributed by atoms with Crippen LogP contribution in [0, 0.1) is 0 Å². The van der Waals surface area contributed by atoms with Crippen molar-refractivity contribution in [1.82, 2.24) is 0 Å². The van der Waals surface area contributed by atoms with Crippen molar-refractivity contribution >= 4 is 42.0 Å². The summed E-state index contributed by atoms with van der Waals surface area (Å²) in [5, 5.41) is 8.07. The van der Waals surface area contributed by atoms with Gasteiger partial charge < -0.3 is 0 Å². The van der Waals surface area contributed by atoms with Crippen LogP contribution < -0.4 is 0 Å². The molecule has 51 valence electrons. The maximum atomic E-state index is 9.90. The van der Waals surface area contributed by atoms with E-state index < -0.39 is 15.0 Å². The molecule has 0 aromatic rings. The van der Waals surface area contributed by atoms with Crippen molar-refractivity contribution in [3.05, 3.63) is 0 Å². The zero-order valence-electron chi connectivity index (χ0n) is 3.28. The summed E-state index contributed by atoms with van der Waals surface area (Å²) in [6.07, 6.45) is 0. The van der Waals surface area contributed by atoms with Gasteiger partial charge in [-0.05, 0) is 0 Å². The van der Waals surface area contributed by atoms with Crippen molar-refractivity contribution in [3.63, 3.8) is 0 Å². The van der Waals surface area contributed by atoms with Crippen LogP contribution in [0.3, 0.4) is 0 Å². The van der Waals surface area contributed by atoms with Crippen LogP contribution in [-0.2, 0) is 10.6 Å². The summed E-state index contributed by atoms with van der Waals surface area (Å²) in [5.74, 6) is 0. The van der Waals surface area contributed by atoms with Crippen molar-refractivity contribution in [2.24, 2.45) is 0 Å². The van der Waals surface area contributed by atoms with Crippen LogP contribution in [0.1, 0.15) is 0 Å². The van der Waals surface area contributed by atoms with Crippen molar-refractivity contribution in [3.8, 4) is 0 Å². The van der Waals surface area contributed by atoms with Crippen LogP contribution in [-0.4, -0.2) is 9.47 Å². The average molecular weight is 283 g/mol. The zero-order valence-corrected chi connectivity index (χ0v) is 8.31. The van der Waals surface area contributed by atoms with E-state index in [1.165, 1.54) is 0 Å². The Morgan fingerprint density at radius 1 is 1.25 bits per heavy atom. The monoisotopic (exact) mass is 283 g/mol. The predicted octanol–water partition coefficient (Wildman–Crippen LogP) is 2.97. The Morgan fingerprint density at radius 3 is 1.38 bits per heavy atom. The molecule has 0 aromatic heterocycles. The summed E-state index contributed by atoms with van der Waals surface area (Å²) < 4.78 is -1.52. The molecule has 0 aliphatic heterocycles. The molecule has 0 radical (unpaired) electrons. The number of halogens is 4. The minimum absolute atomic E-state index is 1.52. The third kappa shape index (κ3) is 3.36. The van der Waals surface area contributed by atoms with Gasteiger partial charge in [-0.3, -0.25) is 0 Å². The number of carboxylic acid groups (broad SMARTS) is 1. The summed E-state index contributed by atoms with van der Waals surface area (Å²) in [6.45, 7) is 0. The first-order valence-electron chi connectivity index (χ1n) is 1.25. The van der Waals surface area contributed by atoms with E-state index >= 15 is 0 Å². The van der Waals surface area contributed by atoms with Gasteiger partial charge in [-0.1, -0.05) is 0 Å². The van der Waals surface area contributed by atoms with E-state index in [-0.39, 0.29) is 0 Å². The second-order valence-corrected chi connectivity index (χ2v) is 25.2. The van der Waals surface area contributed by atoms with Crippen LogP contribution >= 0.6 is 37.7 Å².